The SMILES string of the molecule is C[C@H]1C(=O)N(c2ccc(C(F)(F)F)cc2)C(=O)N1Cc1ccccc1. The number of anilines is 1. The van der Waals surface area contributed by atoms with Crippen LogP contribution in [0.3, 0.4) is 0 Å². The number of benzene rings is 2. The molecule has 0 N–H and O–H groups in total. The highest BCUT2D eigenvalue weighted by atomic mass is 19.4. The molecule has 1 atom stereocenters. The number of alkyl halides is 3. The zero-order valence-corrected chi connectivity index (χ0v) is 13.3. The molecule has 1 fully saturated rings. The van der Waals surface area contributed by atoms with E-state index >= 15 is 0 Å². The highest BCUT2D eigenvalue weighted by Crippen LogP contribution is 2.32. The molecular weight excluding hydrogens is 333 g/mol. The predicted octanol–water partition coefficient (Wildman–Crippen LogP) is 4.06. The summed E-state index contributed by atoms with van der Waals surface area (Å²) in [5, 5.41) is 0. The first-order valence-corrected chi connectivity index (χ1v) is 7.65. The Kier molecular flexibility index (Phi) is 4.24. The summed E-state index contributed by atoms with van der Waals surface area (Å²) >= 11 is 0. The van der Waals surface area contributed by atoms with E-state index in [1.54, 1.807) is 6.92 Å². The van der Waals surface area contributed by atoms with Crippen LogP contribution in [0.4, 0.5) is 23.7 Å². The van der Waals surface area contributed by atoms with Gasteiger partial charge in [0.05, 0.1) is 11.3 Å². The number of rotatable bonds is 3. The molecule has 1 aliphatic rings. The van der Waals surface area contributed by atoms with Crippen molar-refractivity contribution < 1.29 is 22.8 Å². The minimum absolute atomic E-state index is 0.130. The Morgan fingerprint density at radius 2 is 1.56 bits per heavy atom. The van der Waals surface area contributed by atoms with Crippen molar-refractivity contribution in [3.8, 4) is 0 Å². The molecule has 1 aliphatic heterocycles. The number of halogens is 3. The summed E-state index contributed by atoms with van der Waals surface area (Å²) in [5.41, 5.74) is 0.166. The lowest BCUT2D eigenvalue weighted by Gasteiger charge is -2.19. The van der Waals surface area contributed by atoms with Gasteiger partial charge >= 0.3 is 12.2 Å². The molecule has 2 aromatic carbocycles. The first-order chi connectivity index (χ1) is 11.8. The fourth-order valence-electron chi connectivity index (χ4n) is 2.73. The number of nitrogens with zero attached hydrogens (tertiary/aromatic N) is 2. The van der Waals surface area contributed by atoms with Crippen LogP contribution in [0.1, 0.15) is 18.1 Å². The quantitative estimate of drug-likeness (QED) is 0.785. The maximum Gasteiger partial charge on any atom is 0.416 e. The predicted molar refractivity (Wildman–Crippen MR) is 85.8 cm³/mol. The minimum Gasteiger partial charge on any atom is -0.308 e. The normalized spacial score (nSPS) is 18.2. The van der Waals surface area contributed by atoms with Crippen LogP contribution in [0.5, 0.6) is 0 Å². The van der Waals surface area contributed by atoms with Gasteiger partial charge in [-0.2, -0.15) is 13.2 Å². The molecule has 0 radical (unpaired) electrons. The molecule has 0 saturated carbocycles. The lowest BCUT2D eigenvalue weighted by Crippen LogP contribution is -2.33. The first kappa shape index (κ1) is 17.0. The maximum atomic E-state index is 12.7. The molecule has 0 bridgehead atoms. The number of hydrogen-bond acceptors (Lipinski definition) is 2. The smallest absolute Gasteiger partial charge is 0.308 e. The highest BCUT2D eigenvalue weighted by molar-refractivity contribution is 6.21. The molecule has 4 nitrogen and oxygen atoms in total. The standard InChI is InChI=1S/C18H15F3N2O2/c1-12-16(24)23(15-9-7-14(8-10-15)18(19,20)21)17(25)22(12)11-13-5-3-2-4-6-13/h2-10,12H,11H2,1H3/t12-/m0/s1. The van der Waals surface area contributed by atoms with Crippen LogP contribution >= 0.6 is 0 Å². The second-order valence-electron chi connectivity index (χ2n) is 5.79. The molecule has 25 heavy (non-hydrogen) atoms. The summed E-state index contributed by atoms with van der Waals surface area (Å²) in [4.78, 5) is 27.4. The van der Waals surface area contributed by atoms with Crippen LogP contribution in [0.2, 0.25) is 0 Å². The largest absolute Gasteiger partial charge is 0.416 e. The van der Waals surface area contributed by atoms with Gasteiger partial charge in [0.25, 0.3) is 5.91 Å². The Hall–Kier alpha value is -2.83. The summed E-state index contributed by atoms with van der Waals surface area (Å²) in [6.45, 7) is 1.86. The molecular formula is C18H15F3N2O2. The average Bonchev–Trinajstić information content (AvgIpc) is 2.79. The summed E-state index contributed by atoms with van der Waals surface area (Å²) < 4.78 is 38.0. The van der Waals surface area contributed by atoms with E-state index in [4.69, 9.17) is 0 Å². The lowest BCUT2D eigenvalue weighted by atomic mass is 10.2. The number of urea groups is 1. The Morgan fingerprint density at radius 3 is 2.12 bits per heavy atom. The summed E-state index contributed by atoms with van der Waals surface area (Å²) in [6.07, 6.45) is -4.47. The minimum atomic E-state index is -4.47. The Balaban J connectivity index is 1.85. The molecule has 1 saturated heterocycles. The van der Waals surface area contributed by atoms with E-state index in [-0.39, 0.29) is 12.2 Å². The van der Waals surface area contributed by atoms with Gasteiger partial charge in [-0.15, -0.1) is 0 Å². The van der Waals surface area contributed by atoms with Gasteiger partial charge in [0.1, 0.15) is 6.04 Å². The van der Waals surface area contributed by atoms with Crippen molar-refractivity contribution in [3.05, 3.63) is 65.7 Å². The van der Waals surface area contributed by atoms with E-state index in [1.165, 1.54) is 4.90 Å². The van der Waals surface area contributed by atoms with Crippen LogP contribution in [-0.2, 0) is 17.5 Å². The molecule has 0 aromatic heterocycles. The molecule has 7 heteroatoms. The Morgan fingerprint density at radius 1 is 0.960 bits per heavy atom. The van der Waals surface area contributed by atoms with E-state index in [1.807, 2.05) is 30.3 Å². The summed E-state index contributed by atoms with van der Waals surface area (Å²) in [5.74, 6) is -0.458. The fraction of sp³-hybridized carbons (Fsp3) is 0.222. The van der Waals surface area contributed by atoms with Crippen molar-refractivity contribution in [3.63, 3.8) is 0 Å². The molecule has 2 aromatic rings. The zero-order valence-electron chi connectivity index (χ0n) is 13.3. The van der Waals surface area contributed by atoms with Crippen molar-refractivity contribution in [1.82, 2.24) is 4.90 Å². The van der Waals surface area contributed by atoms with Crippen molar-refractivity contribution in [1.29, 1.82) is 0 Å². The van der Waals surface area contributed by atoms with Crippen molar-refractivity contribution in [2.45, 2.75) is 25.7 Å². The second kappa shape index (κ2) is 6.23. The molecule has 130 valence electrons. The summed E-state index contributed by atoms with van der Waals surface area (Å²) in [7, 11) is 0. The Bertz CT molecular complexity index is 788. The van der Waals surface area contributed by atoms with E-state index in [0.29, 0.717) is 0 Å². The molecule has 0 spiro atoms. The van der Waals surface area contributed by atoms with E-state index in [9.17, 15) is 22.8 Å². The number of imide groups is 1. The van der Waals surface area contributed by atoms with Gasteiger partial charge in [-0.3, -0.25) is 4.79 Å². The topological polar surface area (TPSA) is 40.6 Å². The van der Waals surface area contributed by atoms with Gasteiger partial charge < -0.3 is 4.90 Å². The van der Waals surface area contributed by atoms with Gasteiger partial charge in [-0.25, -0.2) is 9.69 Å². The van der Waals surface area contributed by atoms with Crippen LogP contribution in [0.25, 0.3) is 0 Å². The van der Waals surface area contributed by atoms with Crippen molar-refractivity contribution in [2.24, 2.45) is 0 Å². The fourth-order valence-corrected chi connectivity index (χ4v) is 2.73. The van der Waals surface area contributed by atoms with Crippen molar-refractivity contribution >= 4 is 17.6 Å². The third-order valence-electron chi connectivity index (χ3n) is 4.13. The van der Waals surface area contributed by atoms with E-state index in [0.717, 1.165) is 34.7 Å². The van der Waals surface area contributed by atoms with E-state index < -0.39 is 29.7 Å². The summed E-state index contributed by atoms with van der Waals surface area (Å²) in [6, 6.07) is 12.0. The first-order valence-electron chi connectivity index (χ1n) is 7.65. The van der Waals surface area contributed by atoms with Gasteiger partial charge in [-0.05, 0) is 36.8 Å². The van der Waals surface area contributed by atoms with Gasteiger partial charge in [0, 0.05) is 6.54 Å². The van der Waals surface area contributed by atoms with Gasteiger partial charge in [-0.1, -0.05) is 30.3 Å². The van der Waals surface area contributed by atoms with E-state index in [2.05, 4.69) is 0 Å². The van der Waals surface area contributed by atoms with Gasteiger partial charge in [0.15, 0.2) is 0 Å². The molecule has 3 rings (SSSR count). The third kappa shape index (κ3) is 3.22. The molecule has 0 aliphatic carbocycles. The number of carbonyl (C=O) groups is 2. The van der Waals surface area contributed by atoms with Crippen LogP contribution in [-0.4, -0.2) is 22.9 Å². The van der Waals surface area contributed by atoms with Crippen LogP contribution < -0.4 is 4.90 Å². The van der Waals surface area contributed by atoms with Crippen LogP contribution in [0, 0.1) is 0 Å². The molecule has 1 heterocycles. The number of carbonyl (C=O) groups excluding carboxylic acids is 2. The monoisotopic (exact) mass is 348 g/mol. The van der Waals surface area contributed by atoms with Crippen LogP contribution in [0.15, 0.2) is 54.6 Å². The lowest BCUT2D eigenvalue weighted by molar-refractivity contribution is -0.137. The third-order valence-corrected chi connectivity index (χ3v) is 4.13. The molecule has 3 amide bonds. The number of hydrogen-bond donors (Lipinski definition) is 0. The zero-order chi connectivity index (χ0) is 18.2. The maximum absolute atomic E-state index is 12.7. The van der Waals surface area contributed by atoms with Crippen molar-refractivity contribution in [2.75, 3.05) is 4.90 Å². The van der Waals surface area contributed by atoms with Gasteiger partial charge in [0.2, 0.25) is 0 Å². The number of amides is 3. The highest BCUT2D eigenvalue weighted by Gasteiger charge is 2.43. The Labute approximate surface area is 142 Å². The molecule has 0 unspecified atom stereocenters. The second-order valence-corrected chi connectivity index (χ2v) is 5.79. The average molecular weight is 348 g/mol.